The second-order valence-electron chi connectivity index (χ2n) is 3.44. The van der Waals surface area contributed by atoms with Crippen molar-refractivity contribution in [2.24, 2.45) is 5.92 Å². The smallest absolute Gasteiger partial charge is 0.104 e. The minimum atomic E-state index is 0.737. The summed E-state index contributed by atoms with van der Waals surface area (Å²) in [6.07, 6.45) is 3.30. The van der Waals surface area contributed by atoms with E-state index < -0.39 is 0 Å². The first kappa shape index (κ1) is 9.37. The Bertz CT molecular complexity index is 225. The summed E-state index contributed by atoms with van der Waals surface area (Å²) in [6.45, 7) is 6.59. The zero-order valence-electron chi connectivity index (χ0n) is 8.26. The number of furan rings is 1. The molecule has 0 aliphatic rings. The summed E-state index contributed by atoms with van der Waals surface area (Å²) in [7, 11) is 0. The van der Waals surface area contributed by atoms with Gasteiger partial charge in [0.05, 0.1) is 0 Å². The molecule has 1 aromatic rings. The molecule has 0 aliphatic carbocycles. The monoisotopic (exact) mass is 166 g/mol. The maximum atomic E-state index is 5.61. The highest BCUT2D eigenvalue weighted by Gasteiger charge is 2.04. The van der Waals surface area contributed by atoms with Crippen LogP contribution < -0.4 is 0 Å². The normalized spacial score (nSPS) is 13.2. The van der Waals surface area contributed by atoms with Crippen LogP contribution in [0, 0.1) is 5.92 Å². The number of rotatable bonds is 4. The van der Waals surface area contributed by atoms with Gasteiger partial charge in [-0.25, -0.2) is 0 Å². The van der Waals surface area contributed by atoms with Crippen molar-refractivity contribution in [3.63, 3.8) is 0 Å². The summed E-state index contributed by atoms with van der Waals surface area (Å²) in [5, 5.41) is 0. The van der Waals surface area contributed by atoms with E-state index in [1.165, 1.54) is 6.42 Å². The molecule has 1 heteroatoms. The Hall–Kier alpha value is -0.720. The summed E-state index contributed by atoms with van der Waals surface area (Å²) in [6, 6.07) is 4.18. The third-order valence-electron chi connectivity index (χ3n) is 2.31. The largest absolute Gasteiger partial charge is 0.466 e. The molecule has 0 amide bonds. The van der Waals surface area contributed by atoms with Gasteiger partial charge in [0.25, 0.3) is 0 Å². The minimum Gasteiger partial charge on any atom is -0.466 e. The predicted octanol–water partition coefficient (Wildman–Crippen LogP) is 3.43. The van der Waals surface area contributed by atoms with Crippen molar-refractivity contribution in [2.45, 2.75) is 40.0 Å². The molecule has 0 spiro atoms. The Kier molecular flexibility index (Phi) is 3.39. The van der Waals surface area contributed by atoms with E-state index in [1.807, 2.05) is 0 Å². The highest BCUT2D eigenvalue weighted by atomic mass is 16.3. The average Bonchev–Trinajstić information content (AvgIpc) is 2.52. The molecule has 0 bridgehead atoms. The molecule has 0 aliphatic heterocycles. The second kappa shape index (κ2) is 4.34. The molecule has 0 N–H and O–H groups in total. The molecule has 0 saturated heterocycles. The Morgan fingerprint density at radius 1 is 1.25 bits per heavy atom. The van der Waals surface area contributed by atoms with Crippen LogP contribution in [0.5, 0.6) is 0 Å². The summed E-state index contributed by atoms with van der Waals surface area (Å²) < 4.78 is 5.61. The first-order chi connectivity index (χ1) is 5.76. The van der Waals surface area contributed by atoms with E-state index in [0.29, 0.717) is 0 Å². The van der Waals surface area contributed by atoms with E-state index in [4.69, 9.17) is 4.42 Å². The van der Waals surface area contributed by atoms with Crippen LogP contribution in [0.3, 0.4) is 0 Å². The van der Waals surface area contributed by atoms with Crippen LogP contribution >= 0.6 is 0 Å². The van der Waals surface area contributed by atoms with E-state index in [1.54, 1.807) is 0 Å². The van der Waals surface area contributed by atoms with Gasteiger partial charge in [-0.3, -0.25) is 0 Å². The van der Waals surface area contributed by atoms with Crippen LogP contribution in [-0.4, -0.2) is 0 Å². The molecule has 1 unspecified atom stereocenters. The van der Waals surface area contributed by atoms with Crippen LogP contribution in [0.15, 0.2) is 16.5 Å². The van der Waals surface area contributed by atoms with E-state index in [0.717, 1.165) is 30.3 Å². The maximum absolute atomic E-state index is 5.61. The summed E-state index contributed by atoms with van der Waals surface area (Å²) in [5.74, 6) is 2.98. The van der Waals surface area contributed by atoms with E-state index in [2.05, 4.69) is 32.9 Å². The van der Waals surface area contributed by atoms with Gasteiger partial charge in [0, 0.05) is 12.8 Å². The lowest BCUT2D eigenvalue weighted by atomic mass is 10.0. The van der Waals surface area contributed by atoms with Crippen LogP contribution in [0.1, 0.15) is 38.7 Å². The van der Waals surface area contributed by atoms with Gasteiger partial charge in [-0.15, -0.1) is 0 Å². The van der Waals surface area contributed by atoms with Gasteiger partial charge < -0.3 is 4.42 Å². The molecular formula is C11H18O. The topological polar surface area (TPSA) is 13.1 Å². The highest BCUT2D eigenvalue weighted by Crippen LogP contribution is 2.14. The SMILES string of the molecule is CCc1ccc(CC(C)CC)o1. The van der Waals surface area contributed by atoms with Gasteiger partial charge in [0.15, 0.2) is 0 Å². The van der Waals surface area contributed by atoms with Crippen molar-refractivity contribution >= 4 is 0 Å². The molecule has 68 valence electrons. The molecule has 1 atom stereocenters. The van der Waals surface area contributed by atoms with Crippen molar-refractivity contribution in [3.8, 4) is 0 Å². The van der Waals surface area contributed by atoms with Crippen molar-refractivity contribution < 1.29 is 4.42 Å². The van der Waals surface area contributed by atoms with Gasteiger partial charge in [-0.2, -0.15) is 0 Å². The second-order valence-corrected chi connectivity index (χ2v) is 3.44. The van der Waals surface area contributed by atoms with E-state index in [9.17, 15) is 0 Å². The fourth-order valence-electron chi connectivity index (χ4n) is 1.21. The molecule has 1 heterocycles. The lowest BCUT2D eigenvalue weighted by molar-refractivity contribution is 0.427. The summed E-state index contributed by atoms with van der Waals surface area (Å²) in [4.78, 5) is 0. The van der Waals surface area contributed by atoms with Crippen molar-refractivity contribution in [2.75, 3.05) is 0 Å². The van der Waals surface area contributed by atoms with E-state index in [-0.39, 0.29) is 0 Å². The quantitative estimate of drug-likeness (QED) is 0.668. The molecule has 1 rings (SSSR count). The molecular weight excluding hydrogens is 148 g/mol. The van der Waals surface area contributed by atoms with Gasteiger partial charge in [-0.05, 0) is 18.1 Å². The van der Waals surface area contributed by atoms with Gasteiger partial charge in [0.2, 0.25) is 0 Å². The first-order valence-corrected chi connectivity index (χ1v) is 4.83. The van der Waals surface area contributed by atoms with Gasteiger partial charge in [-0.1, -0.05) is 27.2 Å². The van der Waals surface area contributed by atoms with Crippen molar-refractivity contribution in [3.05, 3.63) is 23.7 Å². The van der Waals surface area contributed by atoms with E-state index >= 15 is 0 Å². The third-order valence-corrected chi connectivity index (χ3v) is 2.31. The van der Waals surface area contributed by atoms with Crippen LogP contribution in [0.2, 0.25) is 0 Å². The average molecular weight is 166 g/mol. The fraction of sp³-hybridized carbons (Fsp3) is 0.636. The Morgan fingerprint density at radius 3 is 2.42 bits per heavy atom. The Labute approximate surface area is 74.8 Å². The Morgan fingerprint density at radius 2 is 1.92 bits per heavy atom. The molecule has 0 aromatic carbocycles. The molecule has 0 radical (unpaired) electrons. The van der Waals surface area contributed by atoms with Gasteiger partial charge >= 0.3 is 0 Å². The van der Waals surface area contributed by atoms with Gasteiger partial charge in [0.1, 0.15) is 11.5 Å². The van der Waals surface area contributed by atoms with Crippen molar-refractivity contribution in [1.82, 2.24) is 0 Å². The number of aryl methyl sites for hydroxylation is 1. The lowest BCUT2D eigenvalue weighted by Crippen LogP contribution is -1.95. The predicted molar refractivity (Wildman–Crippen MR) is 51.2 cm³/mol. The van der Waals surface area contributed by atoms with Crippen LogP contribution in [-0.2, 0) is 12.8 Å². The fourth-order valence-corrected chi connectivity index (χ4v) is 1.21. The molecule has 12 heavy (non-hydrogen) atoms. The molecule has 0 fully saturated rings. The lowest BCUT2D eigenvalue weighted by Gasteiger charge is -2.04. The zero-order valence-corrected chi connectivity index (χ0v) is 8.26. The molecule has 1 nitrogen and oxygen atoms in total. The molecule has 1 aromatic heterocycles. The summed E-state index contributed by atoms with van der Waals surface area (Å²) in [5.41, 5.74) is 0. The zero-order chi connectivity index (χ0) is 8.97. The molecule has 0 saturated carbocycles. The third kappa shape index (κ3) is 2.40. The minimum absolute atomic E-state index is 0.737. The van der Waals surface area contributed by atoms with Crippen LogP contribution in [0.25, 0.3) is 0 Å². The summed E-state index contributed by atoms with van der Waals surface area (Å²) >= 11 is 0. The van der Waals surface area contributed by atoms with Crippen molar-refractivity contribution in [1.29, 1.82) is 0 Å². The Balaban J connectivity index is 2.52. The highest BCUT2D eigenvalue weighted by molar-refractivity contribution is 5.07. The number of hydrogen-bond donors (Lipinski definition) is 0. The number of hydrogen-bond acceptors (Lipinski definition) is 1. The maximum Gasteiger partial charge on any atom is 0.104 e. The standard InChI is InChI=1S/C11H18O/c1-4-9(3)8-11-7-6-10(5-2)12-11/h6-7,9H,4-5,8H2,1-3H3. The first-order valence-electron chi connectivity index (χ1n) is 4.83. The van der Waals surface area contributed by atoms with Crippen LogP contribution in [0.4, 0.5) is 0 Å².